The van der Waals surface area contributed by atoms with Gasteiger partial charge >= 0.3 is 14.9 Å². The molecule has 0 radical (unpaired) electrons. The van der Waals surface area contributed by atoms with Crippen molar-refractivity contribution in [2.75, 3.05) is 56.0 Å². The maximum Gasteiger partial charge on any atom is 0.500 e. The molecule has 1 amide bonds. The lowest BCUT2D eigenvalue weighted by Gasteiger charge is -2.29. The van der Waals surface area contributed by atoms with Gasteiger partial charge in [-0.05, 0) is 91.0 Å². The van der Waals surface area contributed by atoms with E-state index < -0.39 is 14.9 Å². The molecule has 1 aliphatic heterocycles. The van der Waals surface area contributed by atoms with Crippen molar-refractivity contribution in [3.63, 3.8) is 0 Å². The molecule has 41 heavy (non-hydrogen) atoms. The Labute approximate surface area is 248 Å². The summed E-state index contributed by atoms with van der Waals surface area (Å²) in [6.45, 7) is 22.7. The molecule has 0 spiro atoms. The maximum absolute atomic E-state index is 12.8. The van der Waals surface area contributed by atoms with Crippen LogP contribution in [0.15, 0.2) is 24.3 Å². The highest BCUT2D eigenvalue weighted by Gasteiger charge is 2.39. The predicted molar refractivity (Wildman–Crippen MR) is 169 cm³/mol. The van der Waals surface area contributed by atoms with E-state index in [0.717, 1.165) is 13.2 Å². The molecule has 9 heteroatoms. The Kier molecular flexibility index (Phi) is 12.1. The van der Waals surface area contributed by atoms with Gasteiger partial charge in [-0.3, -0.25) is 0 Å². The zero-order valence-corrected chi connectivity index (χ0v) is 27.7. The Morgan fingerprint density at radius 2 is 1.32 bits per heavy atom. The molecule has 2 aromatic rings. The first-order chi connectivity index (χ1) is 19.5. The lowest BCUT2D eigenvalue weighted by molar-refractivity contribution is 0.0706. The van der Waals surface area contributed by atoms with Crippen molar-refractivity contribution in [3.05, 3.63) is 57.6 Å². The lowest BCUT2D eigenvalue weighted by Crippen LogP contribution is -2.46. The molecular formula is C32H51N3O5Si. The van der Waals surface area contributed by atoms with Gasteiger partial charge in [-0.2, -0.15) is 0 Å². The van der Waals surface area contributed by atoms with Crippen molar-refractivity contribution in [3.8, 4) is 0 Å². The van der Waals surface area contributed by atoms with Crippen molar-refractivity contribution in [1.29, 1.82) is 0 Å². The molecule has 1 aliphatic rings. The molecule has 3 rings (SSSR count). The number of aryl methyl sites for hydroxylation is 6. The van der Waals surface area contributed by atoms with Gasteiger partial charge in [0.2, 0.25) is 0 Å². The molecule has 0 saturated carbocycles. The second kappa shape index (κ2) is 15.0. The van der Waals surface area contributed by atoms with E-state index in [4.69, 9.17) is 18.0 Å². The summed E-state index contributed by atoms with van der Waals surface area (Å²) in [5.41, 5.74) is 10.0. The number of anilines is 2. The fourth-order valence-electron chi connectivity index (χ4n) is 6.28. The molecule has 0 aliphatic carbocycles. The topological polar surface area (TPSA) is 72.5 Å². The number of nitrogens with zero attached hydrogens (tertiary/aromatic N) is 2. The van der Waals surface area contributed by atoms with Gasteiger partial charge in [-0.25, -0.2) is 4.79 Å². The fraction of sp³-hybridized carbons (Fsp3) is 0.594. The highest BCUT2D eigenvalue weighted by molar-refractivity contribution is 6.60. The average molecular weight is 586 g/mol. The first kappa shape index (κ1) is 32.9. The zero-order chi connectivity index (χ0) is 30.2. The number of alkyl carbamates (subject to hydrolysis) is 1. The molecule has 1 unspecified atom stereocenters. The molecule has 228 valence electrons. The van der Waals surface area contributed by atoms with Crippen molar-refractivity contribution >= 4 is 26.3 Å². The standard InChI is InChI=1S/C32H51N3O5Si/c1-10-38-41(39-11-2,40-12-3)15-13-14-33-32(36)37-21-29-20-34(30-25(6)16-23(4)17-26(30)7)22-35(29)31-27(8)18-24(5)19-28(31)9/h16-19,29H,10-15,20-22H2,1-9H3,(H,33,36). The molecule has 2 aromatic carbocycles. The number of hydrogen-bond donors (Lipinski definition) is 1. The first-order valence-corrected chi connectivity index (χ1v) is 17.0. The Hall–Kier alpha value is -2.59. The Bertz CT molecular complexity index is 1110. The minimum atomic E-state index is -2.73. The van der Waals surface area contributed by atoms with Crippen LogP contribution in [-0.4, -0.2) is 67.1 Å². The van der Waals surface area contributed by atoms with Crippen molar-refractivity contribution in [2.24, 2.45) is 0 Å². The van der Waals surface area contributed by atoms with Crippen LogP contribution in [0.5, 0.6) is 0 Å². The average Bonchev–Trinajstić information content (AvgIpc) is 3.27. The van der Waals surface area contributed by atoms with Gasteiger partial charge in [0.25, 0.3) is 0 Å². The number of nitrogens with one attached hydrogen (secondary N) is 1. The van der Waals surface area contributed by atoms with Crippen LogP contribution in [0, 0.1) is 41.5 Å². The minimum absolute atomic E-state index is 0.0230. The van der Waals surface area contributed by atoms with Gasteiger partial charge in [0.15, 0.2) is 0 Å². The molecule has 1 saturated heterocycles. The number of benzene rings is 2. The van der Waals surface area contributed by atoms with Gasteiger partial charge in [-0.15, -0.1) is 0 Å². The molecule has 1 heterocycles. The van der Waals surface area contributed by atoms with E-state index in [1.54, 1.807) is 0 Å². The van der Waals surface area contributed by atoms with Gasteiger partial charge in [0.05, 0.1) is 12.7 Å². The Morgan fingerprint density at radius 1 is 0.829 bits per heavy atom. The highest BCUT2D eigenvalue weighted by atomic mass is 28.4. The van der Waals surface area contributed by atoms with E-state index in [9.17, 15) is 4.79 Å². The van der Waals surface area contributed by atoms with Crippen LogP contribution < -0.4 is 15.1 Å². The van der Waals surface area contributed by atoms with Gasteiger partial charge in [-0.1, -0.05) is 35.4 Å². The summed E-state index contributed by atoms with van der Waals surface area (Å²) in [5.74, 6) is 0. The monoisotopic (exact) mass is 585 g/mol. The van der Waals surface area contributed by atoms with E-state index in [0.29, 0.717) is 45.4 Å². The van der Waals surface area contributed by atoms with Crippen molar-refractivity contribution in [2.45, 2.75) is 80.8 Å². The van der Waals surface area contributed by atoms with Gasteiger partial charge < -0.3 is 33.1 Å². The number of carbonyl (C=O) groups excluding carboxylic acids is 1. The van der Waals surface area contributed by atoms with Crippen LogP contribution in [0.1, 0.15) is 60.6 Å². The van der Waals surface area contributed by atoms with E-state index in [1.165, 1.54) is 44.8 Å². The zero-order valence-electron chi connectivity index (χ0n) is 26.7. The third-order valence-electron chi connectivity index (χ3n) is 7.50. The second-order valence-electron chi connectivity index (χ2n) is 11.1. The third kappa shape index (κ3) is 8.47. The van der Waals surface area contributed by atoms with E-state index in [2.05, 4.69) is 80.9 Å². The summed E-state index contributed by atoms with van der Waals surface area (Å²) in [5, 5.41) is 2.92. The van der Waals surface area contributed by atoms with Crippen LogP contribution in [0.4, 0.5) is 16.2 Å². The number of rotatable bonds is 14. The molecule has 0 bridgehead atoms. The molecule has 1 atom stereocenters. The smallest absolute Gasteiger partial charge is 0.447 e. The van der Waals surface area contributed by atoms with E-state index in [1.807, 2.05) is 20.8 Å². The Morgan fingerprint density at radius 3 is 1.80 bits per heavy atom. The Balaban J connectivity index is 1.69. The van der Waals surface area contributed by atoms with Gasteiger partial charge in [0, 0.05) is 50.3 Å². The molecule has 1 N–H and O–H groups in total. The van der Waals surface area contributed by atoms with Crippen LogP contribution >= 0.6 is 0 Å². The summed E-state index contributed by atoms with van der Waals surface area (Å²) in [4.78, 5) is 17.6. The minimum Gasteiger partial charge on any atom is -0.447 e. The molecule has 0 aromatic heterocycles. The lowest BCUT2D eigenvalue weighted by atomic mass is 10.0. The summed E-state index contributed by atoms with van der Waals surface area (Å²) in [6, 6.07) is 9.62. The van der Waals surface area contributed by atoms with Crippen molar-refractivity contribution < 1.29 is 22.8 Å². The second-order valence-corrected chi connectivity index (χ2v) is 13.8. The molecule has 8 nitrogen and oxygen atoms in total. The van der Waals surface area contributed by atoms with E-state index in [-0.39, 0.29) is 6.04 Å². The molecular weight excluding hydrogens is 534 g/mol. The SMILES string of the molecule is CCO[Si](CCCNC(=O)OCC1CN(c2c(C)cc(C)cc2C)CN1c1c(C)cc(C)cc1C)(OCC)OCC. The third-order valence-corrected chi connectivity index (χ3v) is 10.6. The summed E-state index contributed by atoms with van der Waals surface area (Å²) < 4.78 is 23.6. The number of ether oxygens (including phenoxy) is 1. The summed E-state index contributed by atoms with van der Waals surface area (Å²) in [7, 11) is -2.73. The maximum atomic E-state index is 12.8. The number of hydrogen-bond acceptors (Lipinski definition) is 7. The van der Waals surface area contributed by atoms with Crippen LogP contribution in [0.3, 0.4) is 0 Å². The highest BCUT2D eigenvalue weighted by Crippen LogP contribution is 2.35. The summed E-state index contributed by atoms with van der Waals surface area (Å²) >= 11 is 0. The molecule has 1 fully saturated rings. The van der Waals surface area contributed by atoms with Crippen LogP contribution in [0.25, 0.3) is 0 Å². The number of carbonyl (C=O) groups is 1. The van der Waals surface area contributed by atoms with Gasteiger partial charge in [0.1, 0.15) is 6.61 Å². The predicted octanol–water partition coefficient (Wildman–Crippen LogP) is 6.35. The summed E-state index contributed by atoms with van der Waals surface area (Å²) in [6.07, 6.45) is 0.290. The van der Waals surface area contributed by atoms with Crippen LogP contribution in [-0.2, 0) is 18.0 Å². The normalized spacial score (nSPS) is 15.5. The van der Waals surface area contributed by atoms with E-state index >= 15 is 0 Å². The fourth-order valence-corrected chi connectivity index (χ4v) is 8.90. The van der Waals surface area contributed by atoms with Crippen LogP contribution in [0.2, 0.25) is 6.04 Å². The quantitative estimate of drug-likeness (QED) is 0.204. The largest absolute Gasteiger partial charge is 0.500 e. The number of amides is 1. The first-order valence-electron chi connectivity index (χ1n) is 15.0. The van der Waals surface area contributed by atoms with Crippen molar-refractivity contribution in [1.82, 2.24) is 5.32 Å².